The standard InChI is InChI=1S/C14H20N2O2S2/c1-9-12(20-14(19)15-9)8-13(17)16-6-7-18-11-5-3-2-4-10(11)16/h10-11H,2-8H2,1H3,(H,15,19)/t10-,11+/m1/s1. The first-order chi connectivity index (χ1) is 9.65. The highest BCUT2D eigenvalue weighted by molar-refractivity contribution is 7.73. The minimum absolute atomic E-state index is 0.221. The fourth-order valence-corrected chi connectivity index (χ4v) is 4.53. The fourth-order valence-electron chi connectivity index (χ4n) is 3.25. The Balaban J connectivity index is 1.72. The first kappa shape index (κ1) is 14.2. The molecule has 1 aromatic heterocycles. The molecule has 1 aromatic rings. The Morgan fingerprint density at radius 3 is 3.05 bits per heavy atom. The van der Waals surface area contributed by atoms with Gasteiger partial charge >= 0.3 is 0 Å². The number of ether oxygens (including phenoxy) is 1. The molecule has 110 valence electrons. The van der Waals surface area contributed by atoms with Gasteiger partial charge in [-0.2, -0.15) is 0 Å². The van der Waals surface area contributed by atoms with E-state index in [0.717, 1.165) is 33.9 Å². The molecular formula is C14H20N2O2S2. The largest absolute Gasteiger partial charge is 0.374 e. The summed E-state index contributed by atoms with van der Waals surface area (Å²) in [7, 11) is 0. The van der Waals surface area contributed by atoms with E-state index in [0.29, 0.717) is 13.0 Å². The van der Waals surface area contributed by atoms with Crippen LogP contribution < -0.4 is 0 Å². The summed E-state index contributed by atoms with van der Waals surface area (Å²) in [4.78, 5) is 18.8. The molecule has 1 saturated heterocycles. The molecule has 1 amide bonds. The molecule has 1 N–H and O–H groups in total. The van der Waals surface area contributed by atoms with Crippen LogP contribution in [0.2, 0.25) is 0 Å². The van der Waals surface area contributed by atoms with Crippen LogP contribution in [0, 0.1) is 10.9 Å². The molecule has 4 nitrogen and oxygen atoms in total. The summed E-state index contributed by atoms with van der Waals surface area (Å²) in [6.07, 6.45) is 5.33. The van der Waals surface area contributed by atoms with E-state index in [1.807, 2.05) is 6.92 Å². The van der Waals surface area contributed by atoms with Crippen LogP contribution in [0.4, 0.5) is 0 Å². The summed E-state index contributed by atoms with van der Waals surface area (Å²) in [6, 6.07) is 0.289. The van der Waals surface area contributed by atoms with E-state index in [2.05, 4.69) is 9.88 Å². The van der Waals surface area contributed by atoms with Crippen LogP contribution in [0.5, 0.6) is 0 Å². The maximum absolute atomic E-state index is 12.6. The molecule has 3 rings (SSSR count). The Bertz CT molecular complexity index is 550. The zero-order valence-electron chi connectivity index (χ0n) is 11.7. The summed E-state index contributed by atoms with van der Waals surface area (Å²) in [5.41, 5.74) is 1.03. The molecule has 1 aliphatic carbocycles. The Morgan fingerprint density at radius 1 is 1.50 bits per heavy atom. The quantitative estimate of drug-likeness (QED) is 0.854. The molecule has 1 aliphatic heterocycles. The van der Waals surface area contributed by atoms with Crippen molar-refractivity contribution in [2.45, 2.75) is 51.2 Å². The minimum atomic E-state index is 0.221. The number of H-pyrrole nitrogens is 1. The number of aromatic nitrogens is 1. The van der Waals surface area contributed by atoms with Crippen LogP contribution in [-0.2, 0) is 16.0 Å². The SMILES string of the molecule is Cc1[nH]c(=S)sc1CC(=O)N1CCO[C@H]2CCCC[C@H]21. The number of fused-ring (bicyclic) bond motifs is 1. The summed E-state index contributed by atoms with van der Waals surface area (Å²) in [6.45, 7) is 3.39. The lowest BCUT2D eigenvalue weighted by Crippen LogP contribution is -2.55. The summed E-state index contributed by atoms with van der Waals surface area (Å²) in [5.74, 6) is 0.221. The van der Waals surface area contributed by atoms with E-state index in [9.17, 15) is 4.79 Å². The van der Waals surface area contributed by atoms with E-state index in [1.165, 1.54) is 24.2 Å². The monoisotopic (exact) mass is 312 g/mol. The normalized spacial score (nSPS) is 26.4. The number of thiazole rings is 1. The number of nitrogens with zero attached hydrogens (tertiary/aromatic N) is 1. The molecule has 2 aliphatic rings. The minimum Gasteiger partial charge on any atom is -0.374 e. The van der Waals surface area contributed by atoms with Crippen molar-refractivity contribution in [1.82, 2.24) is 9.88 Å². The third-order valence-corrected chi connectivity index (χ3v) is 5.62. The highest BCUT2D eigenvalue weighted by Gasteiger charge is 2.36. The number of hydrogen-bond donors (Lipinski definition) is 1. The summed E-state index contributed by atoms with van der Waals surface area (Å²) in [5, 5.41) is 0. The Labute approximate surface area is 128 Å². The lowest BCUT2D eigenvalue weighted by molar-refractivity contribution is -0.148. The first-order valence-electron chi connectivity index (χ1n) is 7.25. The zero-order valence-corrected chi connectivity index (χ0v) is 13.3. The number of morpholine rings is 1. The number of nitrogens with one attached hydrogen (secondary N) is 1. The van der Waals surface area contributed by atoms with Gasteiger partial charge in [0, 0.05) is 17.1 Å². The van der Waals surface area contributed by atoms with Crippen molar-refractivity contribution >= 4 is 29.5 Å². The van der Waals surface area contributed by atoms with Crippen LogP contribution in [-0.4, -0.2) is 41.1 Å². The van der Waals surface area contributed by atoms with Crippen LogP contribution in [0.25, 0.3) is 0 Å². The summed E-state index contributed by atoms with van der Waals surface area (Å²) >= 11 is 6.66. The Hall–Kier alpha value is -0.720. The molecule has 0 bridgehead atoms. The van der Waals surface area contributed by atoms with Crippen molar-refractivity contribution < 1.29 is 9.53 Å². The third-order valence-electron chi connectivity index (χ3n) is 4.29. The fraction of sp³-hybridized carbons (Fsp3) is 0.714. The summed E-state index contributed by atoms with van der Waals surface area (Å²) < 4.78 is 6.58. The number of rotatable bonds is 2. The van der Waals surface area contributed by atoms with Crippen LogP contribution >= 0.6 is 23.6 Å². The van der Waals surface area contributed by atoms with Gasteiger partial charge in [0.1, 0.15) is 0 Å². The Morgan fingerprint density at radius 2 is 2.30 bits per heavy atom. The van der Waals surface area contributed by atoms with Crippen molar-refractivity contribution in [3.05, 3.63) is 14.5 Å². The number of aromatic amines is 1. The van der Waals surface area contributed by atoms with Gasteiger partial charge in [-0.3, -0.25) is 4.79 Å². The smallest absolute Gasteiger partial charge is 0.228 e. The van der Waals surface area contributed by atoms with Crippen LogP contribution in [0.3, 0.4) is 0 Å². The maximum Gasteiger partial charge on any atom is 0.228 e. The number of carbonyl (C=O) groups is 1. The number of amides is 1. The van der Waals surface area contributed by atoms with Gasteiger partial charge in [-0.25, -0.2) is 0 Å². The average molecular weight is 312 g/mol. The van der Waals surface area contributed by atoms with E-state index in [1.54, 1.807) is 0 Å². The van der Waals surface area contributed by atoms with Gasteiger partial charge in [0.05, 0.1) is 25.2 Å². The zero-order chi connectivity index (χ0) is 14.1. The molecule has 0 spiro atoms. The lowest BCUT2D eigenvalue weighted by Gasteiger charge is -2.43. The second kappa shape index (κ2) is 5.95. The number of aryl methyl sites for hydroxylation is 1. The van der Waals surface area contributed by atoms with E-state index in [-0.39, 0.29) is 18.1 Å². The molecule has 1 saturated carbocycles. The first-order valence-corrected chi connectivity index (χ1v) is 8.47. The van der Waals surface area contributed by atoms with E-state index >= 15 is 0 Å². The highest BCUT2D eigenvalue weighted by atomic mass is 32.1. The topological polar surface area (TPSA) is 45.3 Å². The van der Waals surface area contributed by atoms with E-state index < -0.39 is 0 Å². The second-order valence-electron chi connectivity index (χ2n) is 5.59. The number of carbonyl (C=O) groups excluding carboxylic acids is 1. The third kappa shape index (κ3) is 2.82. The van der Waals surface area contributed by atoms with Crippen LogP contribution in [0.15, 0.2) is 0 Å². The van der Waals surface area contributed by atoms with Gasteiger partial charge in [0.25, 0.3) is 0 Å². The van der Waals surface area contributed by atoms with Gasteiger partial charge in [-0.15, -0.1) is 11.3 Å². The molecule has 2 fully saturated rings. The number of hydrogen-bond acceptors (Lipinski definition) is 4. The van der Waals surface area contributed by atoms with Crippen molar-refractivity contribution in [3.63, 3.8) is 0 Å². The average Bonchev–Trinajstić information content (AvgIpc) is 2.76. The molecule has 0 radical (unpaired) electrons. The predicted molar refractivity (Wildman–Crippen MR) is 81.7 cm³/mol. The highest BCUT2D eigenvalue weighted by Crippen LogP contribution is 2.29. The van der Waals surface area contributed by atoms with Gasteiger partial charge in [-0.05, 0) is 32.0 Å². The van der Waals surface area contributed by atoms with Gasteiger partial charge in [0.2, 0.25) is 5.91 Å². The Kier molecular flexibility index (Phi) is 4.23. The maximum atomic E-state index is 12.6. The molecule has 0 aromatic carbocycles. The van der Waals surface area contributed by atoms with Crippen LogP contribution in [0.1, 0.15) is 36.3 Å². The molecular weight excluding hydrogens is 292 g/mol. The lowest BCUT2D eigenvalue weighted by atomic mass is 9.90. The van der Waals surface area contributed by atoms with E-state index in [4.69, 9.17) is 17.0 Å². The van der Waals surface area contributed by atoms with Crippen molar-refractivity contribution in [2.24, 2.45) is 0 Å². The van der Waals surface area contributed by atoms with Crippen molar-refractivity contribution in [3.8, 4) is 0 Å². The van der Waals surface area contributed by atoms with Gasteiger partial charge in [-0.1, -0.05) is 12.8 Å². The molecule has 2 heterocycles. The second-order valence-corrected chi connectivity index (χ2v) is 7.36. The molecule has 0 unspecified atom stereocenters. The molecule has 2 atom stereocenters. The predicted octanol–water partition coefficient (Wildman–Crippen LogP) is 2.83. The van der Waals surface area contributed by atoms with Crippen molar-refractivity contribution in [2.75, 3.05) is 13.2 Å². The van der Waals surface area contributed by atoms with Crippen molar-refractivity contribution in [1.29, 1.82) is 0 Å². The van der Waals surface area contributed by atoms with Gasteiger partial charge in [0.15, 0.2) is 3.95 Å². The molecule has 6 heteroatoms. The van der Waals surface area contributed by atoms with Gasteiger partial charge < -0.3 is 14.6 Å². The molecule has 20 heavy (non-hydrogen) atoms.